The highest BCUT2D eigenvalue weighted by molar-refractivity contribution is 7.99. The maximum Gasteiger partial charge on any atom is 0.329 e. The molecule has 0 aliphatic heterocycles. The predicted molar refractivity (Wildman–Crippen MR) is 124 cm³/mol. The van der Waals surface area contributed by atoms with Crippen molar-refractivity contribution in [2.24, 2.45) is 0 Å². The molecule has 0 spiro atoms. The first kappa shape index (κ1) is 25.6. The molecule has 0 bridgehead atoms. The highest BCUT2D eigenvalue weighted by atomic mass is 32.2. The number of phenols is 1. The van der Waals surface area contributed by atoms with Crippen molar-refractivity contribution in [2.75, 3.05) is 18.8 Å². The monoisotopic (exact) mass is 423 g/mol. The lowest BCUT2D eigenvalue weighted by Crippen LogP contribution is -2.45. The van der Waals surface area contributed by atoms with Crippen molar-refractivity contribution in [3.8, 4) is 5.75 Å². The number of unbranched alkanes of at least 4 members (excludes halogenated alkanes) is 11. The molecular weight excluding hydrogens is 382 g/mol. The molecule has 0 aliphatic rings. The molecule has 6 heteroatoms. The van der Waals surface area contributed by atoms with Gasteiger partial charge in [0.05, 0.1) is 0 Å². The number of rotatable bonds is 18. The third kappa shape index (κ3) is 16.1. The minimum absolute atomic E-state index is 0.164. The number of hydrazine groups is 1. The number of phenolic OH excluding ortho intramolecular Hbond substituents is 1. The summed E-state index contributed by atoms with van der Waals surface area (Å²) in [6.07, 6.45) is 15.9. The van der Waals surface area contributed by atoms with E-state index in [9.17, 15) is 9.90 Å². The topological polar surface area (TPSA) is 73.4 Å². The lowest BCUT2D eigenvalue weighted by atomic mass is 10.1. The number of benzene rings is 1. The number of hydrogen-bond donors (Lipinski definition) is 4. The van der Waals surface area contributed by atoms with E-state index >= 15 is 0 Å². The first-order valence-corrected chi connectivity index (χ1v) is 12.4. The summed E-state index contributed by atoms with van der Waals surface area (Å²) in [6.45, 7) is 3.67. The van der Waals surface area contributed by atoms with Gasteiger partial charge in [0.25, 0.3) is 0 Å². The van der Waals surface area contributed by atoms with Gasteiger partial charge in [0.2, 0.25) is 0 Å². The van der Waals surface area contributed by atoms with Crippen LogP contribution in [-0.4, -0.2) is 30.0 Å². The van der Waals surface area contributed by atoms with Gasteiger partial charge in [0.15, 0.2) is 0 Å². The molecule has 1 rings (SSSR count). The smallest absolute Gasteiger partial charge is 0.329 e. The molecule has 4 N–H and O–H groups in total. The summed E-state index contributed by atoms with van der Waals surface area (Å²) in [5.74, 6) is 1.11. The minimum atomic E-state index is -0.164. The zero-order valence-corrected chi connectivity index (χ0v) is 19.0. The van der Waals surface area contributed by atoms with Gasteiger partial charge in [-0.15, -0.1) is 11.8 Å². The molecule has 5 nitrogen and oxygen atoms in total. The SMILES string of the molecule is CCCCCCCCCCCCCCNC(=O)NNCCSc1ccc(O)cc1. The van der Waals surface area contributed by atoms with Crippen molar-refractivity contribution in [3.63, 3.8) is 0 Å². The van der Waals surface area contributed by atoms with Crippen LogP contribution in [0.4, 0.5) is 4.79 Å². The van der Waals surface area contributed by atoms with E-state index in [1.54, 1.807) is 23.9 Å². The molecule has 0 aromatic heterocycles. The number of carbonyl (C=O) groups excluding carboxylic acids is 1. The molecular formula is C23H41N3O2S. The van der Waals surface area contributed by atoms with E-state index in [4.69, 9.17) is 0 Å². The van der Waals surface area contributed by atoms with E-state index in [1.807, 2.05) is 12.1 Å². The van der Waals surface area contributed by atoms with Gasteiger partial charge in [-0.3, -0.25) is 5.43 Å². The van der Waals surface area contributed by atoms with E-state index in [0.29, 0.717) is 6.54 Å². The second-order valence-corrected chi connectivity index (χ2v) is 8.71. The van der Waals surface area contributed by atoms with Gasteiger partial charge in [-0.25, -0.2) is 10.2 Å². The van der Waals surface area contributed by atoms with Crippen molar-refractivity contribution < 1.29 is 9.90 Å². The molecule has 29 heavy (non-hydrogen) atoms. The molecule has 0 atom stereocenters. The number of urea groups is 1. The lowest BCUT2D eigenvalue weighted by Gasteiger charge is -2.09. The van der Waals surface area contributed by atoms with Gasteiger partial charge in [-0.1, -0.05) is 77.6 Å². The van der Waals surface area contributed by atoms with E-state index in [-0.39, 0.29) is 11.8 Å². The average molecular weight is 424 g/mol. The fourth-order valence-electron chi connectivity index (χ4n) is 3.12. The molecule has 1 aromatic rings. The summed E-state index contributed by atoms with van der Waals surface area (Å²) < 4.78 is 0. The summed E-state index contributed by atoms with van der Waals surface area (Å²) in [5.41, 5.74) is 5.60. The van der Waals surface area contributed by atoms with E-state index in [2.05, 4.69) is 23.1 Å². The number of thioether (sulfide) groups is 1. The number of hydrogen-bond acceptors (Lipinski definition) is 4. The Hall–Kier alpha value is -1.40. The van der Waals surface area contributed by atoms with Crippen LogP contribution in [0.25, 0.3) is 0 Å². The van der Waals surface area contributed by atoms with E-state index < -0.39 is 0 Å². The van der Waals surface area contributed by atoms with Gasteiger partial charge in [-0.2, -0.15) is 0 Å². The molecule has 166 valence electrons. The molecule has 0 saturated heterocycles. The normalized spacial score (nSPS) is 10.8. The third-order valence-electron chi connectivity index (χ3n) is 4.85. The predicted octanol–water partition coefficient (Wildman–Crippen LogP) is 5.99. The first-order valence-electron chi connectivity index (χ1n) is 11.4. The highest BCUT2D eigenvalue weighted by Crippen LogP contribution is 2.19. The van der Waals surface area contributed by atoms with Crippen LogP contribution in [0.2, 0.25) is 0 Å². The Labute approximate surface area is 181 Å². The van der Waals surface area contributed by atoms with Crippen LogP contribution in [0, 0.1) is 0 Å². The Bertz CT molecular complexity index is 511. The second kappa shape index (κ2) is 18.6. The Balaban J connectivity index is 1.79. The summed E-state index contributed by atoms with van der Waals surface area (Å²) in [7, 11) is 0. The minimum Gasteiger partial charge on any atom is -0.508 e. The molecule has 0 saturated carbocycles. The van der Waals surface area contributed by atoms with Crippen LogP contribution in [0.3, 0.4) is 0 Å². The summed E-state index contributed by atoms with van der Waals surface area (Å²) >= 11 is 1.67. The molecule has 0 fully saturated rings. The van der Waals surface area contributed by atoms with Crippen LogP contribution < -0.4 is 16.2 Å². The van der Waals surface area contributed by atoms with Crippen molar-refractivity contribution >= 4 is 17.8 Å². The fourth-order valence-corrected chi connectivity index (χ4v) is 3.89. The van der Waals surface area contributed by atoms with Crippen molar-refractivity contribution in [1.29, 1.82) is 0 Å². The number of aromatic hydroxyl groups is 1. The number of carbonyl (C=O) groups is 1. The Morgan fingerprint density at radius 3 is 1.97 bits per heavy atom. The summed E-state index contributed by atoms with van der Waals surface area (Å²) in [6, 6.07) is 6.96. The summed E-state index contributed by atoms with van der Waals surface area (Å²) in [4.78, 5) is 12.8. The molecule has 0 heterocycles. The van der Waals surface area contributed by atoms with Crippen molar-refractivity contribution in [3.05, 3.63) is 24.3 Å². The van der Waals surface area contributed by atoms with Crippen LogP contribution in [-0.2, 0) is 0 Å². The molecule has 0 aliphatic carbocycles. The number of amides is 2. The van der Waals surface area contributed by atoms with Crippen molar-refractivity contribution in [2.45, 2.75) is 88.9 Å². The zero-order chi connectivity index (χ0) is 21.0. The van der Waals surface area contributed by atoms with Gasteiger partial charge < -0.3 is 10.4 Å². The standard InChI is InChI=1S/C23H41N3O2S/c1-2-3-4-5-6-7-8-9-10-11-12-13-18-24-23(28)26-25-19-20-29-22-16-14-21(27)15-17-22/h14-17,25,27H,2-13,18-20H2,1H3,(H2,24,26,28). The van der Waals surface area contributed by atoms with Gasteiger partial charge in [-0.05, 0) is 30.7 Å². The molecule has 1 aromatic carbocycles. The first-order chi connectivity index (χ1) is 14.2. The number of nitrogens with one attached hydrogen (secondary N) is 3. The fraction of sp³-hybridized carbons (Fsp3) is 0.696. The Morgan fingerprint density at radius 1 is 0.828 bits per heavy atom. The second-order valence-electron chi connectivity index (χ2n) is 7.54. The summed E-state index contributed by atoms with van der Waals surface area (Å²) in [5, 5.41) is 12.1. The Kier molecular flexibility index (Phi) is 16.5. The highest BCUT2D eigenvalue weighted by Gasteiger charge is 1.99. The van der Waals surface area contributed by atoms with Crippen molar-refractivity contribution in [1.82, 2.24) is 16.2 Å². The quantitative estimate of drug-likeness (QED) is 0.133. The average Bonchev–Trinajstić information content (AvgIpc) is 2.72. The van der Waals surface area contributed by atoms with Crippen LogP contribution in [0.1, 0.15) is 84.0 Å². The zero-order valence-electron chi connectivity index (χ0n) is 18.2. The van der Waals surface area contributed by atoms with Gasteiger partial charge in [0.1, 0.15) is 5.75 Å². The van der Waals surface area contributed by atoms with Crippen LogP contribution in [0.5, 0.6) is 5.75 Å². The van der Waals surface area contributed by atoms with Crippen LogP contribution in [0.15, 0.2) is 29.2 Å². The van der Waals surface area contributed by atoms with Crippen LogP contribution >= 0.6 is 11.8 Å². The molecule has 0 radical (unpaired) electrons. The largest absolute Gasteiger partial charge is 0.508 e. The Morgan fingerprint density at radius 2 is 1.38 bits per heavy atom. The maximum atomic E-state index is 11.7. The molecule has 2 amide bonds. The lowest BCUT2D eigenvalue weighted by molar-refractivity contribution is 0.236. The van der Waals surface area contributed by atoms with Gasteiger partial charge >= 0.3 is 6.03 Å². The third-order valence-corrected chi connectivity index (χ3v) is 5.86. The van der Waals surface area contributed by atoms with E-state index in [0.717, 1.165) is 23.6 Å². The molecule has 0 unspecified atom stereocenters. The maximum absolute atomic E-state index is 11.7. The van der Waals surface area contributed by atoms with Gasteiger partial charge in [0, 0.05) is 23.7 Å². The van der Waals surface area contributed by atoms with E-state index in [1.165, 1.54) is 70.6 Å².